The van der Waals surface area contributed by atoms with E-state index in [2.05, 4.69) is 13.8 Å². The summed E-state index contributed by atoms with van der Waals surface area (Å²) in [5.41, 5.74) is 0. The highest BCUT2D eigenvalue weighted by Crippen LogP contribution is 2.28. The Labute approximate surface area is 56.4 Å². The third-order valence-corrected chi connectivity index (χ3v) is 2.23. The Balaban J connectivity index is 2.39. The van der Waals surface area contributed by atoms with Gasteiger partial charge in [-0.3, -0.25) is 4.79 Å². The summed E-state index contributed by atoms with van der Waals surface area (Å²) < 4.78 is 0. The first-order valence-corrected chi connectivity index (χ1v) is 3.72. The van der Waals surface area contributed by atoms with E-state index in [0.717, 1.165) is 19.3 Å². The molecule has 0 N–H and O–H groups in total. The van der Waals surface area contributed by atoms with Gasteiger partial charge in [0, 0.05) is 12.8 Å². The minimum Gasteiger partial charge on any atom is -0.300 e. The Bertz CT molecular complexity index is 116. The fraction of sp³-hybridized carbons (Fsp3) is 0.875. The molecule has 1 saturated carbocycles. The van der Waals surface area contributed by atoms with Crippen molar-refractivity contribution in [3.63, 3.8) is 0 Å². The van der Waals surface area contributed by atoms with Crippen molar-refractivity contribution in [2.75, 3.05) is 0 Å². The summed E-state index contributed by atoms with van der Waals surface area (Å²) in [6.07, 6.45) is 2.82. The lowest BCUT2D eigenvalue weighted by molar-refractivity contribution is -0.117. The molecule has 1 rings (SSSR count). The van der Waals surface area contributed by atoms with Gasteiger partial charge in [-0.25, -0.2) is 0 Å². The minimum atomic E-state index is 0.466. The molecule has 1 heteroatoms. The van der Waals surface area contributed by atoms with Crippen LogP contribution in [-0.2, 0) is 4.79 Å². The highest BCUT2D eigenvalue weighted by atomic mass is 16.1. The van der Waals surface area contributed by atoms with Crippen molar-refractivity contribution in [1.29, 1.82) is 0 Å². The second kappa shape index (κ2) is 2.51. The smallest absolute Gasteiger partial charge is 0.133 e. The molecular weight excluding hydrogens is 112 g/mol. The molecule has 0 amide bonds. The average molecular weight is 126 g/mol. The molecule has 0 saturated heterocycles. The molecule has 0 aromatic carbocycles. The number of hydrogen-bond donors (Lipinski definition) is 0. The van der Waals surface area contributed by atoms with Gasteiger partial charge in [-0.2, -0.15) is 0 Å². The highest BCUT2D eigenvalue weighted by Gasteiger charge is 2.23. The highest BCUT2D eigenvalue weighted by molar-refractivity contribution is 5.80. The third kappa shape index (κ3) is 1.54. The van der Waals surface area contributed by atoms with Crippen LogP contribution in [0.2, 0.25) is 0 Å². The fourth-order valence-electron chi connectivity index (χ4n) is 1.41. The maximum Gasteiger partial charge on any atom is 0.133 e. The fourth-order valence-corrected chi connectivity index (χ4v) is 1.41. The molecule has 1 atom stereocenters. The first-order chi connectivity index (χ1) is 4.20. The second-order valence-corrected chi connectivity index (χ2v) is 3.29. The molecular formula is C8H14O. The summed E-state index contributed by atoms with van der Waals surface area (Å²) >= 11 is 0. The summed E-state index contributed by atoms with van der Waals surface area (Å²) in [6.45, 7) is 4.40. The number of hydrogen-bond acceptors (Lipinski definition) is 1. The van der Waals surface area contributed by atoms with Gasteiger partial charge in [-0.05, 0) is 18.3 Å². The SMILES string of the molecule is CC(C)C1CCC(=O)C1. The van der Waals surface area contributed by atoms with Crippen molar-refractivity contribution < 1.29 is 4.79 Å². The first kappa shape index (κ1) is 6.79. The molecule has 0 spiro atoms. The predicted octanol–water partition coefficient (Wildman–Crippen LogP) is 2.01. The molecule has 9 heavy (non-hydrogen) atoms. The van der Waals surface area contributed by atoms with Gasteiger partial charge in [0.2, 0.25) is 0 Å². The monoisotopic (exact) mass is 126 g/mol. The van der Waals surface area contributed by atoms with Crippen molar-refractivity contribution in [3.05, 3.63) is 0 Å². The van der Waals surface area contributed by atoms with Crippen molar-refractivity contribution >= 4 is 5.78 Å². The van der Waals surface area contributed by atoms with Crippen LogP contribution in [0.3, 0.4) is 0 Å². The Kier molecular flexibility index (Phi) is 1.89. The maximum absolute atomic E-state index is 10.8. The number of Topliss-reactive ketones (excluding diaryl/α,β-unsaturated/α-hetero) is 1. The van der Waals surface area contributed by atoms with Crippen LogP contribution < -0.4 is 0 Å². The molecule has 1 unspecified atom stereocenters. The molecule has 0 aromatic rings. The number of rotatable bonds is 1. The van der Waals surface area contributed by atoms with Crippen molar-refractivity contribution in [2.24, 2.45) is 11.8 Å². The molecule has 0 aliphatic heterocycles. The van der Waals surface area contributed by atoms with E-state index in [1.54, 1.807) is 0 Å². The zero-order chi connectivity index (χ0) is 6.85. The Morgan fingerprint density at radius 2 is 2.22 bits per heavy atom. The van der Waals surface area contributed by atoms with E-state index in [0.29, 0.717) is 17.6 Å². The van der Waals surface area contributed by atoms with Crippen molar-refractivity contribution in [1.82, 2.24) is 0 Å². The quantitative estimate of drug-likeness (QED) is 0.525. The molecule has 0 bridgehead atoms. The van der Waals surface area contributed by atoms with E-state index in [-0.39, 0.29) is 0 Å². The lowest BCUT2D eigenvalue weighted by Gasteiger charge is -2.10. The van der Waals surface area contributed by atoms with E-state index >= 15 is 0 Å². The standard InChI is InChI=1S/C8H14O/c1-6(2)7-3-4-8(9)5-7/h6-7H,3-5H2,1-2H3. The molecule has 52 valence electrons. The zero-order valence-electron chi connectivity index (χ0n) is 6.18. The van der Waals surface area contributed by atoms with Gasteiger partial charge in [0.25, 0.3) is 0 Å². The van der Waals surface area contributed by atoms with Crippen LogP contribution in [0.25, 0.3) is 0 Å². The van der Waals surface area contributed by atoms with E-state index in [4.69, 9.17) is 0 Å². The predicted molar refractivity (Wildman–Crippen MR) is 37.2 cm³/mol. The van der Waals surface area contributed by atoms with Crippen LogP contribution in [-0.4, -0.2) is 5.78 Å². The van der Waals surface area contributed by atoms with Gasteiger partial charge < -0.3 is 0 Å². The van der Waals surface area contributed by atoms with Gasteiger partial charge >= 0.3 is 0 Å². The molecule has 1 aliphatic carbocycles. The number of carbonyl (C=O) groups is 1. The third-order valence-electron chi connectivity index (χ3n) is 2.23. The summed E-state index contributed by atoms with van der Waals surface area (Å²) in [6, 6.07) is 0. The van der Waals surface area contributed by atoms with E-state index in [1.807, 2.05) is 0 Å². The summed E-state index contributed by atoms with van der Waals surface area (Å²) in [4.78, 5) is 10.8. The lowest BCUT2D eigenvalue weighted by atomic mass is 9.95. The molecule has 0 aromatic heterocycles. The van der Waals surface area contributed by atoms with Crippen LogP contribution in [0.5, 0.6) is 0 Å². The van der Waals surface area contributed by atoms with Gasteiger partial charge in [-0.1, -0.05) is 13.8 Å². The minimum absolute atomic E-state index is 0.466. The van der Waals surface area contributed by atoms with E-state index in [1.165, 1.54) is 0 Å². The topological polar surface area (TPSA) is 17.1 Å². The van der Waals surface area contributed by atoms with E-state index in [9.17, 15) is 4.79 Å². The Morgan fingerprint density at radius 1 is 1.56 bits per heavy atom. The Hall–Kier alpha value is -0.330. The van der Waals surface area contributed by atoms with Crippen molar-refractivity contribution in [2.45, 2.75) is 33.1 Å². The normalized spacial score (nSPS) is 27.9. The maximum atomic E-state index is 10.8. The molecule has 1 fully saturated rings. The molecule has 1 aliphatic rings. The van der Waals surface area contributed by atoms with Gasteiger partial charge in [0.15, 0.2) is 0 Å². The second-order valence-electron chi connectivity index (χ2n) is 3.29. The van der Waals surface area contributed by atoms with Crippen LogP contribution in [0.1, 0.15) is 33.1 Å². The van der Waals surface area contributed by atoms with Crippen LogP contribution >= 0.6 is 0 Å². The van der Waals surface area contributed by atoms with Crippen LogP contribution in [0.15, 0.2) is 0 Å². The molecule has 0 heterocycles. The summed E-state index contributed by atoms with van der Waals surface area (Å²) in [5, 5.41) is 0. The first-order valence-electron chi connectivity index (χ1n) is 3.72. The van der Waals surface area contributed by atoms with Crippen LogP contribution in [0.4, 0.5) is 0 Å². The Morgan fingerprint density at radius 3 is 2.44 bits per heavy atom. The largest absolute Gasteiger partial charge is 0.300 e. The molecule has 0 radical (unpaired) electrons. The molecule has 1 nitrogen and oxygen atoms in total. The van der Waals surface area contributed by atoms with Gasteiger partial charge in [0.1, 0.15) is 5.78 Å². The van der Waals surface area contributed by atoms with Gasteiger partial charge in [-0.15, -0.1) is 0 Å². The van der Waals surface area contributed by atoms with Crippen LogP contribution in [0, 0.1) is 11.8 Å². The summed E-state index contributed by atoms with van der Waals surface area (Å²) in [5.74, 6) is 1.86. The number of ketones is 1. The lowest BCUT2D eigenvalue weighted by Crippen LogP contribution is -2.03. The van der Waals surface area contributed by atoms with Crippen molar-refractivity contribution in [3.8, 4) is 0 Å². The average Bonchev–Trinajstić information content (AvgIpc) is 2.14. The zero-order valence-corrected chi connectivity index (χ0v) is 6.18. The van der Waals surface area contributed by atoms with E-state index < -0.39 is 0 Å². The van der Waals surface area contributed by atoms with Gasteiger partial charge in [0.05, 0.1) is 0 Å². The summed E-state index contributed by atoms with van der Waals surface area (Å²) in [7, 11) is 0. The number of carbonyl (C=O) groups excluding carboxylic acids is 1.